The Bertz CT molecular complexity index is 1300. The molecule has 180 valence electrons. The van der Waals surface area contributed by atoms with E-state index in [1.807, 2.05) is 25.7 Å². The molecule has 1 N–H and O–H groups in total. The molecular formula is C25H30N4O3S2. The molecule has 34 heavy (non-hydrogen) atoms. The van der Waals surface area contributed by atoms with Crippen molar-refractivity contribution in [2.24, 2.45) is 5.92 Å². The van der Waals surface area contributed by atoms with Crippen molar-refractivity contribution in [1.82, 2.24) is 19.8 Å². The number of piperazine rings is 1. The lowest BCUT2D eigenvalue weighted by molar-refractivity contribution is -0.135. The zero-order valence-corrected chi connectivity index (χ0v) is 21.9. The first-order chi connectivity index (χ1) is 16.2. The summed E-state index contributed by atoms with van der Waals surface area (Å²) in [7, 11) is 0. The number of rotatable bonds is 5. The van der Waals surface area contributed by atoms with Gasteiger partial charge < -0.3 is 14.8 Å². The number of thioether (sulfide) groups is 1. The largest absolute Gasteiger partial charge is 0.339 e. The minimum atomic E-state index is -0.207. The predicted molar refractivity (Wildman–Crippen MR) is 138 cm³/mol. The van der Waals surface area contributed by atoms with E-state index in [2.05, 4.69) is 42.0 Å². The molecule has 0 aliphatic carbocycles. The fraction of sp³-hybridized carbons (Fsp3) is 0.440. The molecule has 2 amide bonds. The second-order valence-electron chi connectivity index (χ2n) is 9.08. The third-order valence-corrected chi connectivity index (χ3v) is 8.47. The van der Waals surface area contributed by atoms with E-state index in [0.29, 0.717) is 58.4 Å². The summed E-state index contributed by atoms with van der Waals surface area (Å²) < 4.78 is 0. The van der Waals surface area contributed by atoms with Crippen molar-refractivity contribution in [3.8, 4) is 0 Å². The van der Waals surface area contributed by atoms with Gasteiger partial charge in [0, 0.05) is 37.0 Å². The highest BCUT2D eigenvalue weighted by Gasteiger charge is 2.28. The highest BCUT2D eigenvalue weighted by molar-refractivity contribution is 7.98. The van der Waals surface area contributed by atoms with Crippen molar-refractivity contribution in [3.05, 3.63) is 55.9 Å². The van der Waals surface area contributed by atoms with Gasteiger partial charge in [0.1, 0.15) is 10.7 Å². The third-order valence-electron chi connectivity index (χ3n) is 6.12. The van der Waals surface area contributed by atoms with Crippen molar-refractivity contribution in [1.29, 1.82) is 0 Å². The minimum Gasteiger partial charge on any atom is -0.339 e. The lowest BCUT2D eigenvalue weighted by Gasteiger charge is -2.35. The van der Waals surface area contributed by atoms with Crippen LogP contribution in [0.25, 0.3) is 10.2 Å². The number of amides is 2. The van der Waals surface area contributed by atoms with Crippen LogP contribution in [0.3, 0.4) is 0 Å². The van der Waals surface area contributed by atoms with Crippen molar-refractivity contribution < 1.29 is 9.59 Å². The number of nitrogens with one attached hydrogen (secondary N) is 1. The summed E-state index contributed by atoms with van der Waals surface area (Å²) >= 11 is 2.92. The maximum absolute atomic E-state index is 13.3. The number of aryl methyl sites for hydroxylation is 3. The van der Waals surface area contributed by atoms with Gasteiger partial charge in [-0.05, 0) is 38.0 Å². The minimum absolute atomic E-state index is 0.0490. The fourth-order valence-electron chi connectivity index (χ4n) is 4.11. The van der Waals surface area contributed by atoms with E-state index in [9.17, 15) is 14.4 Å². The number of carbonyl (C=O) groups is 2. The quantitative estimate of drug-likeness (QED) is 0.534. The Morgan fingerprint density at radius 3 is 2.47 bits per heavy atom. The molecule has 2 aromatic heterocycles. The molecule has 4 rings (SSSR count). The topological polar surface area (TPSA) is 86.4 Å². The lowest BCUT2D eigenvalue weighted by atomic mass is 10.1. The van der Waals surface area contributed by atoms with Crippen LogP contribution in [-0.4, -0.2) is 57.8 Å². The van der Waals surface area contributed by atoms with Gasteiger partial charge >= 0.3 is 0 Å². The maximum atomic E-state index is 13.3. The van der Waals surface area contributed by atoms with E-state index < -0.39 is 0 Å². The van der Waals surface area contributed by atoms with Gasteiger partial charge in [-0.2, -0.15) is 0 Å². The first-order valence-electron chi connectivity index (χ1n) is 11.5. The van der Waals surface area contributed by atoms with Crippen molar-refractivity contribution in [2.75, 3.05) is 26.2 Å². The molecule has 9 heteroatoms. The summed E-state index contributed by atoms with van der Waals surface area (Å²) in [5, 5.41) is 0.488. The van der Waals surface area contributed by atoms with Gasteiger partial charge in [0.15, 0.2) is 0 Å². The second-order valence-corrected chi connectivity index (χ2v) is 11.1. The Balaban J connectivity index is 1.52. The van der Waals surface area contributed by atoms with Gasteiger partial charge in [0.2, 0.25) is 5.91 Å². The summed E-state index contributed by atoms with van der Waals surface area (Å²) in [5.41, 5.74) is 2.85. The average Bonchev–Trinajstić information content (AvgIpc) is 3.15. The van der Waals surface area contributed by atoms with E-state index in [1.54, 1.807) is 16.7 Å². The Hall–Kier alpha value is -2.65. The molecule has 1 aliphatic rings. The van der Waals surface area contributed by atoms with Crippen LogP contribution in [0.1, 0.15) is 46.0 Å². The molecule has 3 heterocycles. The van der Waals surface area contributed by atoms with Crippen LogP contribution in [0.2, 0.25) is 0 Å². The van der Waals surface area contributed by atoms with E-state index in [0.717, 1.165) is 4.90 Å². The van der Waals surface area contributed by atoms with Crippen LogP contribution in [0.15, 0.2) is 27.9 Å². The second kappa shape index (κ2) is 9.92. The van der Waals surface area contributed by atoms with Crippen LogP contribution < -0.4 is 5.56 Å². The molecule has 0 spiro atoms. The number of carbonyl (C=O) groups excluding carboxylic acids is 2. The molecular weight excluding hydrogens is 468 g/mol. The summed E-state index contributed by atoms with van der Waals surface area (Å²) in [4.78, 5) is 51.9. The molecule has 7 nitrogen and oxygen atoms in total. The van der Waals surface area contributed by atoms with Gasteiger partial charge in [-0.25, -0.2) is 4.98 Å². The maximum Gasteiger partial charge on any atom is 0.264 e. The Kier molecular flexibility index (Phi) is 7.14. The molecule has 0 unspecified atom stereocenters. The zero-order chi connectivity index (χ0) is 24.6. The number of nitrogens with zero attached hydrogens (tertiary/aromatic N) is 3. The smallest absolute Gasteiger partial charge is 0.264 e. The lowest BCUT2D eigenvalue weighted by Crippen LogP contribution is -2.51. The van der Waals surface area contributed by atoms with Crippen LogP contribution >= 0.6 is 23.1 Å². The summed E-state index contributed by atoms with van der Waals surface area (Å²) in [6.07, 6.45) is 0. The highest BCUT2D eigenvalue weighted by Crippen LogP contribution is 2.30. The molecule has 1 aromatic carbocycles. The Morgan fingerprint density at radius 1 is 1.12 bits per heavy atom. The summed E-state index contributed by atoms with van der Waals surface area (Å²) in [6, 6.07) is 6.31. The number of benzene rings is 1. The monoisotopic (exact) mass is 498 g/mol. The molecule has 0 atom stereocenters. The first kappa shape index (κ1) is 24.5. The van der Waals surface area contributed by atoms with Gasteiger partial charge in [-0.1, -0.05) is 31.5 Å². The molecule has 0 bridgehead atoms. The number of hydrogen-bond acceptors (Lipinski definition) is 6. The van der Waals surface area contributed by atoms with E-state index in [-0.39, 0.29) is 23.3 Å². The number of hydrogen-bond donors (Lipinski definition) is 1. The molecule has 3 aromatic rings. The fourth-order valence-corrected chi connectivity index (χ4v) is 6.27. The highest BCUT2D eigenvalue weighted by atomic mass is 32.2. The van der Waals surface area contributed by atoms with Gasteiger partial charge in [-0.15, -0.1) is 23.1 Å². The molecule has 0 saturated carbocycles. The van der Waals surface area contributed by atoms with Crippen molar-refractivity contribution >= 4 is 45.1 Å². The molecule has 1 aliphatic heterocycles. The molecule has 1 fully saturated rings. The number of aromatic amines is 1. The number of aromatic nitrogens is 2. The standard InChI is InChI=1S/C25H30N4O3S2/c1-14(2)24(31)28-8-10-29(11-9-28)25(32)21-17(5)20-22(30)26-19(27-23(20)34-21)13-33-18-12-15(3)6-7-16(18)4/h6-7,12,14H,8-11,13H2,1-5H3,(H,26,27,30). The van der Waals surface area contributed by atoms with E-state index >= 15 is 0 Å². The predicted octanol–water partition coefficient (Wildman–Crippen LogP) is 4.14. The first-order valence-corrected chi connectivity index (χ1v) is 13.3. The normalized spacial score (nSPS) is 14.3. The average molecular weight is 499 g/mol. The van der Waals surface area contributed by atoms with Crippen molar-refractivity contribution in [3.63, 3.8) is 0 Å². The van der Waals surface area contributed by atoms with Gasteiger partial charge in [0.05, 0.1) is 16.0 Å². The van der Waals surface area contributed by atoms with Crippen LogP contribution in [0.4, 0.5) is 0 Å². The van der Waals surface area contributed by atoms with E-state index in [1.165, 1.54) is 22.5 Å². The zero-order valence-electron chi connectivity index (χ0n) is 20.2. The van der Waals surface area contributed by atoms with Crippen LogP contribution in [0, 0.1) is 26.7 Å². The van der Waals surface area contributed by atoms with E-state index in [4.69, 9.17) is 0 Å². The molecule has 0 radical (unpaired) electrons. The molecule has 1 saturated heterocycles. The summed E-state index contributed by atoms with van der Waals surface area (Å²) in [6.45, 7) is 11.8. The van der Waals surface area contributed by atoms with Gasteiger partial charge in [0.25, 0.3) is 11.5 Å². The number of fused-ring (bicyclic) bond motifs is 1. The third kappa shape index (κ3) is 4.90. The van der Waals surface area contributed by atoms with Gasteiger partial charge in [-0.3, -0.25) is 14.4 Å². The van der Waals surface area contributed by atoms with Crippen LogP contribution in [0.5, 0.6) is 0 Å². The number of H-pyrrole nitrogens is 1. The van der Waals surface area contributed by atoms with Crippen LogP contribution in [-0.2, 0) is 10.5 Å². The summed E-state index contributed by atoms with van der Waals surface area (Å²) in [5.74, 6) is 1.12. The van der Waals surface area contributed by atoms with Crippen molar-refractivity contribution in [2.45, 2.75) is 45.3 Å². The number of thiophene rings is 1. The SMILES string of the molecule is Cc1ccc(C)c(SCc2nc3sc(C(=O)N4CCN(C(=O)C(C)C)CC4)c(C)c3c(=O)[nH]2)c1. The Morgan fingerprint density at radius 2 is 1.79 bits per heavy atom. The Labute approximate surface area is 207 Å².